The van der Waals surface area contributed by atoms with Gasteiger partial charge in [0, 0.05) is 33.2 Å². The average molecular weight is 535 g/mol. The highest BCUT2D eigenvalue weighted by molar-refractivity contribution is 6.35. The molecule has 3 aromatic rings. The maximum absolute atomic E-state index is 13.0. The van der Waals surface area contributed by atoms with Crippen LogP contribution in [0, 0.1) is 11.8 Å². The summed E-state index contributed by atoms with van der Waals surface area (Å²) >= 11 is 25.0. The fraction of sp³-hybridized carbons (Fsp3) is 0.296. The molecule has 1 heterocycles. The van der Waals surface area contributed by atoms with Crippen LogP contribution in [0.4, 0.5) is 4.79 Å². The summed E-state index contributed by atoms with van der Waals surface area (Å²) in [5.74, 6) is 1.58. The van der Waals surface area contributed by atoms with E-state index in [9.17, 15) is 4.79 Å². The molecular formula is C27H23Cl4NO2. The second kappa shape index (κ2) is 9.99. The van der Waals surface area contributed by atoms with Crippen LogP contribution in [-0.2, 0) is 0 Å². The van der Waals surface area contributed by atoms with Crippen molar-refractivity contribution in [2.45, 2.75) is 24.7 Å². The highest BCUT2D eigenvalue weighted by atomic mass is 35.5. The number of hydrogen-bond donors (Lipinski definition) is 0. The van der Waals surface area contributed by atoms with Crippen LogP contribution in [0.15, 0.2) is 66.7 Å². The van der Waals surface area contributed by atoms with Crippen molar-refractivity contribution in [2.75, 3.05) is 13.1 Å². The summed E-state index contributed by atoms with van der Waals surface area (Å²) in [6.07, 6.45) is 1.67. The normalized spacial score (nSPS) is 24.1. The van der Waals surface area contributed by atoms with E-state index in [0.29, 0.717) is 44.8 Å². The Balaban J connectivity index is 1.43. The average Bonchev–Trinajstić information content (AvgIpc) is 3.25. The minimum atomic E-state index is -0.326. The van der Waals surface area contributed by atoms with E-state index in [0.717, 1.165) is 18.4 Å². The van der Waals surface area contributed by atoms with Gasteiger partial charge in [-0.05, 0) is 96.2 Å². The van der Waals surface area contributed by atoms with Crippen LogP contribution in [-0.4, -0.2) is 24.1 Å². The highest BCUT2D eigenvalue weighted by Gasteiger charge is 2.47. The molecule has 1 aliphatic carbocycles. The number of carbonyl (C=O) groups is 1. The molecule has 0 bridgehead atoms. The number of amides is 1. The van der Waals surface area contributed by atoms with Gasteiger partial charge in [-0.1, -0.05) is 64.6 Å². The molecule has 2 aliphatic rings. The lowest BCUT2D eigenvalue weighted by molar-refractivity contribution is 0.160. The van der Waals surface area contributed by atoms with E-state index in [2.05, 4.69) is 12.1 Å². The van der Waals surface area contributed by atoms with Gasteiger partial charge < -0.3 is 9.64 Å². The largest absolute Gasteiger partial charge is 0.415 e. The van der Waals surface area contributed by atoms with E-state index >= 15 is 0 Å². The molecule has 1 saturated carbocycles. The number of rotatable bonds is 3. The van der Waals surface area contributed by atoms with Crippen molar-refractivity contribution >= 4 is 52.5 Å². The van der Waals surface area contributed by atoms with Gasteiger partial charge in [0.25, 0.3) is 0 Å². The molecule has 3 nitrogen and oxygen atoms in total. The molecule has 0 radical (unpaired) electrons. The van der Waals surface area contributed by atoms with Crippen LogP contribution in [0.5, 0.6) is 5.75 Å². The number of benzene rings is 3. The van der Waals surface area contributed by atoms with Crippen molar-refractivity contribution in [3.8, 4) is 5.75 Å². The second-order valence-electron chi connectivity index (χ2n) is 9.08. The van der Waals surface area contributed by atoms with E-state index in [-0.39, 0.29) is 23.8 Å². The lowest BCUT2D eigenvalue weighted by atomic mass is 9.63. The summed E-state index contributed by atoms with van der Waals surface area (Å²) in [6.45, 7) is 1.31. The van der Waals surface area contributed by atoms with E-state index in [1.54, 1.807) is 24.3 Å². The summed E-state index contributed by atoms with van der Waals surface area (Å²) in [4.78, 5) is 14.8. The smallest absolute Gasteiger partial charge is 0.410 e. The van der Waals surface area contributed by atoms with E-state index in [1.165, 1.54) is 5.56 Å². The first kappa shape index (κ1) is 23.8. The summed E-state index contributed by atoms with van der Waals surface area (Å²) in [5.41, 5.74) is 2.31. The molecule has 4 unspecified atom stereocenters. The van der Waals surface area contributed by atoms with Gasteiger partial charge >= 0.3 is 6.09 Å². The monoisotopic (exact) mass is 533 g/mol. The van der Waals surface area contributed by atoms with Crippen molar-refractivity contribution < 1.29 is 9.53 Å². The number of ether oxygens (including phenoxy) is 1. The van der Waals surface area contributed by atoms with Crippen molar-refractivity contribution in [3.05, 3.63) is 97.9 Å². The lowest BCUT2D eigenvalue weighted by Gasteiger charge is -2.40. The Hall–Kier alpha value is -1.91. The van der Waals surface area contributed by atoms with Gasteiger partial charge in [0.15, 0.2) is 0 Å². The molecule has 176 valence electrons. The van der Waals surface area contributed by atoms with Gasteiger partial charge in [-0.3, -0.25) is 0 Å². The van der Waals surface area contributed by atoms with Crippen molar-refractivity contribution in [1.82, 2.24) is 4.90 Å². The van der Waals surface area contributed by atoms with Crippen molar-refractivity contribution in [1.29, 1.82) is 0 Å². The third kappa shape index (κ3) is 4.90. The summed E-state index contributed by atoms with van der Waals surface area (Å²) in [7, 11) is 0. The first-order valence-corrected chi connectivity index (χ1v) is 12.8. The highest BCUT2D eigenvalue weighted by Crippen LogP contribution is 2.53. The molecule has 0 N–H and O–H groups in total. The summed E-state index contributed by atoms with van der Waals surface area (Å²) in [5, 5.41) is 2.62. The SMILES string of the molecule is O=C(Oc1ccc(Cl)cc1)N1CC2CCC(c3ccc(Cl)cc3Cl)C(c3ccc(Cl)cc3)C2C1. The first-order valence-electron chi connectivity index (χ1n) is 11.3. The quantitative estimate of drug-likeness (QED) is 0.336. The van der Waals surface area contributed by atoms with Gasteiger partial charge in [-0.2, -0.15) is 0 Å². The van der Waals surface area contributed by atoms with Crippen LogP contribution >= 0.6 is 46.4 Å². The number of nitrogens with zero attached hydrogens (tertiary/aromatic N) is 1. The Kier molecular flexibility index (Phi) is 7.00. The number of fused-ring (bicyclic) bond motifs is 1. The zero-order valence-electron chi connectivity index (χ0n) is 18.3. The van der Waals surface area contributed by atoms with Crippen LogP contribution in [0.2, 0.25) is 20.1 Å². The Morgan fingerprint density at radius 2 is 1.44 bits per heavy atom. The summed E-state index contributed by atoms with van der Waals surface area (Å²) < 4.78 is 5.63. The minimum Gasteiger partial charge on any atom is -0.410 e. The molecule has 34 heavy (non-hydrogen) atoms. The number of carbonyl (C=O) groups excluding carboxylic acids is 1. The third-order valence-electron chi connectivity index (χ3n) is 7.13. The fourth-order valence-corrected chi connectivity index (χ4v) is 6.41. The lowest BCUT2D eigenvalue weighted by Crippen LogP contribution is -2.33. The molecule has 1 amide bonds. The van der Waals surface area contributed by atoms with E-state index in [1.807, 2.05) is 35.2 Å². The van der Waals surface area contributed by atoms with Gasteiger partial charge in [-0.25, -0.2) is 4.79 Å². The maximum Gasteiger partial charge on any atom is 0.415 e. The van der Waals surface area contributed by atoms with Gasteiger partial charge in [0.1, 0.15) is 5.75 Å². The standard InChI is InChI=1S/C27H23Cl4NO2/c28-18-4-1-16(2-5-18)26-23(22-12-8-20(30)13-25(22)31)11-3-17-14-32(15-24(17)26)27(33)34-21-9-6-19(29)7-10-21/h1-2,4-10,12-13,17,23-24,26H,3,11,14-15H2. The molecule has 3 aromatic carbocycles. The zero-order chi connectivity index (χ0) is 23.8. The fourth-order valence-electron chi connectivity index (χ4n) is 5.61. The second-order valence-corrected chi connectivity index (χ2v) is 10.8. The van der Waals surface area contributed by atoms with Crippen molar-refractivity contribution in [2.24, 2.45) is 11.8 Å². The Bertz CT molecular complexity index is 1180. The maximum atomic E-state index is 13.0. The minimum absolute atomic E-state index is 0.197. The van der Waals surface area contributed by atoms with Crippen molar-refractivity contribution in [3.63, 3.8) is 0 Å². The molecule has 5 rings (SSSR count). The van der Waals surface area contributed by atoms with Crippen LogP contribution in [0.25, 0.3) is 0 Å². The van der Waals surface area contributed by atoms with Gasteiger partial charge in [-0.15, -0.1) is 0 Å². The predicted octanol–water partition coefficient (Wildman–Crippen LogP) is 8.71. The Labute approximate surface area is 219 Å². The molecule has 1 aliphatic heterocycles. The molecule has 7 heteroatoms. The summed E-state index contributed by atoms with van der Waals surface area (Å²) in [6, 6.07) is 20.7. The van der Waals surface area contributed by atoms with Crippen LogP contribution in [0.1, 0.15) is 35.8 Å². The predicted molar refractivity (Wildman–Crippen MR) is 139 cm³/mol. The van der Waals surface area contributed by atoms with Crippen LogP contribution < -0.4 is 4.74 Å². The molecule has 1 saturated heterocycles. The Morgan fingerprint density at radius 3 is 2.12 bits per heavy atom. The molecule has 0 spiro atoms. The van der Waals surface area contributed by atoms with Gasteiger partial charge in [0.05, 0.1) is 0 Å². The Morgan fingerprint density at radius 1 is 0.794 bits per heavy atom. The van der Waals surface area contributed by atoms with Gasteiger partial charge in [0.2, 0.25) is 0 Å². The number of halogens is 4. The topological polar surface area (TPSA) is 29.5 Å². The van der Waals surface area contributed by atoms with E-state index < -0.39 is 0 Å². The number of hydrogen-bond acceptors (Lipinski definition) is 2. The number of likely N-dealkylation sites (tertiary alicyclic amines) is 1. The molecule has 0 aromatic heterocycles. The molecule has 4 atom stereocenters. The first-order chi connectivity index (χ1) is 16.4. The van der Waals surface area contributed by atoms with Crippen LogP contribution in [0.3, 0.4) is 0 Å². The zero-order valence-corrected chi connectivity index (χ0v) is 21.3. The molecular weight excluding hydrogens is 512 g/mol. The third-order valence-corrected chi connectivity index (χ3v) is 8.20. The van der Waals surface area contributed by atoms with E-state index in [4.69, 9.17) is 51.1 Å². The molecule has 2 fully saturated rings.